The molecule has 2 heteroatoms. The maximum absolute atomic E-state index is 3.56. The van der Waals surface area contributed by atoms with Crippen LogP contribution in [-0.2, 0) is 0 Å². The van der Waals surface area contributed by atoms with Crippen LogP contribution in [0.3, 0.4) is 0 Å². The van der Waals surface area contributed by atoms with Gasteiger partial charge >= 0.3 is 0 Å². The zero-order valence-electron chi connectivity index (χ0n) is 22.5. The smallest absolute Gasteiger partial charge is 0.164 e. The summed E-state index contributed by atoms with van der Waals surface area (Å²) in [5, 5.41) is 0. The van der Waals surface area contributed by atoms with Gasteiger partial charge < -0.3 is 9.80 Å². The SMILES string of the molecule is CCCCCCCCCCCCCCCCCCN1CCN2C3=CC=CCC3=C3[C+]=CC=CC3=C12. The molecule has 1 saturated heterocycles. The Balaban J connectivity index is 1.07. The van der Waals surface area contributed by atoms with Crippen LogP contribution in [0.1, 0.15) is 116 Å². The summed E-state index contributed by atoms with van der Waals surface area (Å²) in [6, 6.07) is 0. The molecule has 0 unspecified atom stereocenters. The minimum atomic E-state index is 1.03. The van der Waals surface area contributed by atoms with Crippen molar-refractivity contribution in [2.75, 3.05) is 19.6 Å². The first kappa shape index (κ1) is 26.0. The average molecular weight is 474 g/mol. The minimum Gasteiger partial charge on any atom is -0.347 e. The molecule has 2 aliphatic heterocycles. The van der Waals surface area contributed by atoms with Crippen LogP contribution in [0, 0.1) is 6.08 Å². The Morgan fingerprint density at radius 2 is 1.37 bits per heavy atom. The van der Waals surface area contributed by atoms with Gasteiger partial charge in [0.2, 0.25) is 0 Å². The summed E-state index contributed by atoms with van der Waals surface area (Å²) >= 11 is 0. The first-order valence-corrected chi connectivity index (χ1v) is 15.0. The van der Waals surface area contributed by atoms with Crippen molar-refractivity contribution in [1.82, 2.24) is 9.80 Å². The van der Waals surface area contributed by atoms with E-state index < -0.39 is 0 Å². The minimum absolute atomic E-state index is 1.03. The summed E-state index contributed by atoms with van der Waals surface area (Å²) in [4.78, 5) is 5.22. The van der Waals surface area contributed by atoms with Gasteiger partial charge in [-0.1, -0.05) is 115 Å². The summed E-state index contributed by atoms with van der Waals surface area (Å²) < 4.78 is 0. The zero-order valence-corrected chi connectivity index (χ0v) is 22.5. The van der Waals surface area contributed by atoms with Crippen LogP contribution in [0.15, 0.2) is 64.7 Å². The molecule has 0 aromatic heterocycles. The van der Waals surface area contributed by atoms with Gasteiger partial charge in [-0.05, 0) is 12.5 Å². The number of fused-ring (bicyclic) bond motifs is 4. The van der Waals surface area contributed by atoms with Gasteiger partial charge in [0.15, 0.2) is 11.4 Å². The molecule has 0 spiro atoms. The Morgan fingerprint density at radius 1 is 0.743 bits per heavy atom. The van der Waals surface area contributed by atoms with Crippen LogP contribution in [0.25, 0.3) is 0 Å². The van der Waals surface area contributed by atoms with Crippen LogP contribution in [0.5, 0.6) is 0 Å². The normalized spacial score (nSPS) is 18.1. The molecule has 0 aromatic carbocycles. The Morgan fingerprint density at radius 3 is 2.03 bits per heavy atom. The van der Waals surface area contributed by atoms with Crippen LogP contribution < -0.4 is 0 Å². The van der Waals surface area contributed by atoms with Gasteiger partial charge in [-0.25, -0.2) is 0 Å². The highest BCUT2D eigenvalue weighted by atomic mass is 15.4. The van der Waals surface area contributed by atoms with Crippen molar-refractivity contribution in [2.45, 2.75) is 116 Å². The van der Waals surface area contributed by atoms with Crippen LogP contribution in [0.2, 0.25) is 0 Å². The van der Waals surface area contributed by atoms with E-state index in [4.69, 9.17) is 0 Å². The average Bonchev–Trinajstić information content (AvgIpc) is 3.33. The predicted octanol–water partition coefficient (Wildman–Crippen LogP) is 9.16. The molecule has 2 heterocycles. The quantitative estimate of drug-likeness (QED) is 0.153. The molecule has 190 valence electrons. The van der Waals surface area contributed by atoms with Gasteiger partial charge in [-0.3, -0.25) is 0 Å². The first-order valence-electron chi connectivity index (χ1n) is 15.0. The molecular weight excluding hydrogens is 424 g/mol. The number of rotatable bonds is 17. The third-order valence-electron chi connectivity index (χ3n) is 8.14. The molecule has 0 atom stereocenters. The Bertz CT molecular complexity index is 850. The van der Waals surface area contributed by atoms with Crippen molar-refractivity contribution in [1.29, 1.82) is 0 Å². The van der Waals surface area contributed by atoms with Crippen molar-refractivity contribution in [3.8, 4) is 0 Å². The molecule has 0 N–H and O–H groups in total. The van der Waals surface area contributed by atoms with Crippen LogP contribution in [-0.4, -0.2) is 29.4 Å². The standard InChI is InChI=1S/C33H49N2/c1-2-3-4-5-6-7-8-9-10-11-12-13-14-15-16-21-26-34-27-28-35-32-25-20-19-23-30(32)29-22-17-18-24-31(29)33(34)35/h17-20,24-25H,2-16,21,23,26-28H2,1H3/q+1. The van der Waals surface area contributed by atoms with Crippen LogP contribution >= 0.6 is 0 Å². The summed E-state index contributed by atoms with van der Waals surface area (Å²) in [5.41, 5.74) is 5.58. The maximum Gasteiger partial charge on any atom is 0.164 e. The molecule has 0 radical (unpaired) electrons. The monoisotopic (exact) mass is 473 g/mol. The van der Waals surface area contributed by atoms with E-state index in [0.717, 1.165) is 19.5 Å². The number of hydrogen-bond donors (Lipinski definition) is 0. The summed E-state index contributed by atoms with van der Waals surface area (Å²) in [6.45, 7) is 5.76. The molecule has 0 bridgehead atoms. The maximum atomic E-state index is 3.56. The molecule has 0 saturated carbocycles. The van der Waals surface area contributed by atoms with E-state index in [1.807, 2.05) is 0 Å². The third kappa shape index (κ3) is 7.23. The Kier molecular flexibility index (Phi) is 10.8. The third-order valence-corrected chi connectivity index (χ3v) is 8.14. The highest BCUT2D eigenvalue weighted by Crippen LogP contribution is 2.43. The number of allylic oxidation sites excluding steroid dienone is 10. The number of nitrogens with zero attached hydrogens (tertiary/aromatic N) is 2. The fourth-order valence-corrected chi connectivity index (χ4v) is 6.13. The molecule has 0 amide bonds. The number of unbranched alkanes of at least 4 members (excludes halogenated alkanes) is 15. The van der Waals surface area contributed by atoms with E-state index in [1.54, 1.807) is 0 Å². The van der Waals surface area contributed by atoms with Crippen molar-refractivity contribution in [3.63, 3.8) is 0 Å². The van der Waals surface area contributed by atoms with Gasteiger partial charge in [-0.15, -0.1) is 0 Å². The first-order chi connectivity index (χ1) is 17.4. The molecule has 2 aliphatic carbocycles. The zero-order chi connectivity index (χ0) is 24.1. The summed E-state index contributed by atoms with van der Waals surface area (Å²) in [7, 11) is 0. The number of hydrogen-bond acceptors (Lipinski definition) is 2. The topological polar surface area (TPSA) is 6.48 Å². The van der Waals surface area contributed by atoms with Gasteiger partial charge in [0.05, 0.1) is 17.3 Å². The van der Waals surface area contributed by atoms with Gasteiger partial charge in [0.25, 0.3) is 0 Å². The molecule has 4 aliphatic rings. The van der Waals surface area contributed by atoms with E-state index in [9.17, 15) is 0 Å². The van der Waals surface area contributed by atoms with E-state index >= 15 is 0 Å². The van der Waals surface area contributed by atoms with Crippen LogP contribution in [0.4, 0.5) is 0 Å². The second-order valence-corrected chi connectivity index (χ2v) is 10.9. The fourth-order valence-electron chi connectivity index (χ4n) is 6.13. The van der Waals surface area contributed by atoms with Crippen molar-refractivity contribution in [3.05, 3.63) is 70.8 Å². The fraction of sp³-hybridized carbons (Fsp3) is 0.636. The molecule has 2 nitrogen and oxygen atoms in total. The second kappa shape index (κ2) is 14.5. The van der Waals surface area contributed by atoms with Crippen molar-refractivity contribution < 1.29 is 0 Å². The molecule has 1 fully saturated rings. The highest BCUT2D eigenvalue weighted by Gasteiger charge is 2.41. The lowest BCUT2D eigenvalue weighted by Gasteiger charge is -2.32. The Labute approximate surface area is 216 Å². The summed E-state index contributed by atoms with van der Waals surface area (Å²) in [6.07, 6.45) is 40.8. The lowest BCUT2D eigenvalue weighted by Crippen LogP contribution is -2.30. The van der Waals surface area contributed by atoms with Crippen molar-refractivity contribution >= 4 is 0 Å². The van der Waals surface area contributed by atoms with Crippen molar-refractivity contribution in [2.24, 2.45) is 0 Å². The molecule has 35 heavy (non-hydrogen) atoms. The van der Waals surface area contributed by atoms with Gasteiger partial charge in [-0.2, -0.15) is 0 Å². The molecule has 4 rings (SSSR count). The predicted molar refractivity (Wildman–Crippen MR) is 151 cm³/mol. The second-order valence-electron chi connectivity index (χ2n) is 10.9. The van der Waals surface area contributed by atoms with Gasteiger partial charge in [0, 0.05) is 44.3 Å². The lowest BCUT2D eigenvalue weighted by atomic mass is 9.87. The van der Waals surface area contributed by atoms with Gasteiger partial charge in [0.1, 0.15) is 5.57 Å². The highest BCUT2D eigenvalue weighted by molar-refractivity contribution is 5.62. The van der Waals surface area contributed by atoms with E-state index in [2.05, 4.69) is 59.3 Å². The van der Waals surface area contributed by atoms with E-state index in [0.29, 0.717) is 0 Å². The van der Waals surface area contributed by atoms with E-state index in [1.165, 1.54) is 138 Å². The molecule has 0 aromatic rings. The summed E-state index contributed by atoms with van der Waals surface area (Å²) in [5.74, 6) is 1.43. The largest absolute Gasteiger partial charge is 0.347 e. The lowest BCUT2D eigenvalue weighted by molar-refractivity contribution is 0.350. The Hall–Kier alpha value is -2.05. The van der Waals surface area contributed by atoms with E-state index in [-0.39, 0.29) is 0 Å². The molecular formula is C33H49N2+.